The lowest BCUT2D eigenvalue weighted by Crippen LogP contribution is -2.50. The van der Waals surface area contributed by atoms with Crippen LogP contribution in [0.1, 0.15) is 60.5 Å². The lowest BCUT2D eigenvalue weighted by Gasteiger charge is -2.46. The van der Waals surface area contributed by atoms with Crippen LogP contribution in [0.2, 0.25) is 5.02 Å². The van der Waals surface area contributed by atoms with Gasteiger partial charge in [0, 0.05) is 55.9 Å². The average Bonchev–Trinajstić information content (AvgIpc) is 3.19. The van der Waals surface area contributed by atoms with Crippen molar-refractivity contribution in [3.8, 4) is 5.75 Å². The van der Waals surface area contributed by atoms with E-state index in [0.717, 1.165) is 49.4 Å². The molecular weight excluding hydrogens is 654 g/mol. The maximum atomic E-state index is 13.7. The lowest BCUT2D eigenvalue weighted by molar-refractivity contribution is -0.0310. The van der Waals surface area contributed by atoms with Gasteiger partial charge >= 0.3 is 10.2 Å². The van der Waals surface area contributed by atoms with Crippen LogP contribution in [0.25, 0.3) is 0 Å². The summed E-state index contributed by atoms with van der Waals surface area (Å²) >= 11 is 6.44. The SMILES string of the molecule is COCCO[C@H]1/C=C\C[C@H](C)N(CCOC)S(=O)(=O)NC(=O)c2ccc3c(c2)N(C[C@@H]2CC[C@H]21)C[C@@]1(CCCc2cc(Cl)ccc21)CO3. The molecule has 4 aliphatic rings. The van der Waals surface area contributed by atoms with E-state index in [9.17, 15) is 13.2 Å². The van der Waals surface area contributed by atoms with Gasteiger partial charge in [0.1, 0.15) is 5.75 Å². The van der Waals surface area contributed by atoms with Crippen LogP contribution in [0.3, 0.4) is 0 Å². The van der Waals surface area contributed by atoms with Gasteiger partial charge in [0.15, 0.2) is 0 Å². The highest BCUT2D eigenvalue weighted by Crippen LogP contribution is 2.47. The molecule has 262 valence electrons. The van der Waals surface area contributed by atoms with Gasteiger partial charge in [0.2, 0.25) is 0 Å². The predicted octanol–water partition coefficient (Wildman–Crippen LogP) is 5.14. The third-order valence-electron chi connectivity index (χ3n) is 10.6. The Labute approximate surface area is 289 Å². The smallest absolute Gasteiger partial charge is 0.304 e. The van der Waals surface area contributed by atoms with Crippen molar-refractivity contribution in [1.82, 2.24) is 9.03 Å². The summed E-state index contributed by atoms with van der Waals surface area (Å²) in [6.45, 7) is 5.05. The first-order chi connectivity index (χ1) is 23.1. The van der Waals surface area contributed by atoms with E-state index >= 15 is 0 Å². The number of hydrogen-bond acceptors (Lipinski definition) is 8. The molecule has 5 atom stereocenters. The summed E-state index contributed by atoms with van der Waals surface area (Å²) in [4.78, 5) is 16.0. The number of carbonyl (C=O) groups excluding carboxylic acids is 1. The third-order valence-corrected chi connectivity index (χ3v) is 12.4. The average molecular weight is 702 g/mol. The molecule has 0 radical (unpaired) electrons. The van der Waals surface area contributed by atoms with Crippen LogP contribution in [0.15, 0.2) is 48.6 Å². The highest BCUT2D eigenvalue weighted by molar-refractivity contribution is 7.87. The van der Waals surface area contributed by atoms with Gasteiger partial charge in [-0.25, -0.2) is 4.72 Å². The Balaban J connectivity index is 1.41. The minimum absolute atomic E-state index is 0.104. The van der Waals surface area contributed by atoms with Crippen LogP contribution in [0.5, 0.6) is 5.75 Å². The molecule has 48 heavy (non-hydrogen) atoms. The third kappa shape index (κ3) is 7.41. The van der Waals surface area contributed by atoms with Crippen molar-refractivity contribution in [2.24, 2.45) is 11.8 Å². The van der Waals surface area contributed by atoms with Crippen LogP contribution < -0.4 is 14.4 Å². The Morgan fingerprint density at radius 1 is 1.08 bits per heavy atom. The molecule has 0 saturated heterocycles. The molecule has 0 unspecified atom stereocenters. The number of benzene rings is 2. The zero-order chi connectivity index (χ0) is 33.9. The first-order valence-corrected chi connectivity index (χ1v) is 18.9. The highest BCUT2D eigenvalue weighted by atomic mass is 35.5. The number of carbonyl (C=O) groups is 1. The number of hydrogen-bond donors (Lipinski definition) is 1. The molecule has 2 aliphatic heterocycles. The summed E-state index contributed by atoms with van der Waals surface area (Å²) in [5.74, 6) is 0.634. The fraction of sp³-hybridized carbons (Fsp3) is 0.583. The number of nitrogens with zero attached hydrogens (tertiary/aromatic N) is 2. The van der Waals surface area contributed by atoms with E-state index in [1.807, 2.05) is 19.1 Å². The summed E-state index contributed by atoms with van der Waals surface area (Å²) in [7, 11) is -1.00. The number of ether oxygens (including phenoxy) is 4. The zero-order valence-electron chi connectivity index (χ0n) is 28.2. The molecule has 2 heterocycles. The van der Waals surface area contributed by atoms with Crippen molar-refractivity contribution >= 4 is 33.4 Å². The lowest BCUT2D eigenvalue weighted by atomic mass is 9.68. The molecule has 6 rings (SSSR count). The summed E-state index contributed by atoms with van der Waals surface area (Å²) in [5.41, 5.74) is 3.31. The van der Waals surface area contributed by atoms with E-state index in [-0.39, 0.29) is 36.2 Å². The molecule has 1 fully saturated rings. The summed E-state index contributed by atoms with van der Waals surface area (Å²) < 4.78 is 54.6. The fourth-order valence-corrected chi connectivity index (χ4v) is 9.44. The predicted molar refractivity (Wildman–Crippen MR) is 186 cm³/mol. The maximum absolute atomic E-state index is 13.7. The molecule has 2 aliphatic carbocycles. The van der Waals surface area contributed by atoms with Gasteiger partial charge in [-0.2, -0.15) is 12.7 Å². The molecule has 12 heteroatoms. The van der Waals surface area contributed by atoms with E-state index in [1.54, 1.807) is 25.3 Å². The topological polar surface area (TPSA) is 107 Å². The van der Waals surface area contributed by atoms with Gasteiger partial charge < -0.3 is 23.8 Å². The standard InChI is InChI=1S/C36H48ClN3O7S/c1-25-6-4-8-33(46-19-18-45-3)30-12-9-28(30)22-39-23-36(15-5-7-26-20-29(37)11-13-31(26)36)24-47-34-14-10-27(21-32(34)39)35(41)38-48(42,43)40(25)16-17-44-2/h4,8,10-11,13-14,20-21,25,28,30,33H,5-7,9,12,15-19,22-24H2,1-3H3,(H,38,41)/b8-4-/t25-,28-,30+,33-,36-/m0/s1. The highest BCUT2D eigenvalue weighted by Gasteiger charge is 2.44. The van der Waals surface area contributed by atoms with Crippen molar-refractivity contribution in [3.63, 3.8) is 0 Å². The molecule has 10 nitrogen and oxygen atoms in total. The van der Waals surface area contributed by atoms with Crippen molar-refractivity contribution in [2.45, 2.75) is 63.0 Å². The quantitative estimate of drug-likeness (QED) is 0.313. The number of amides is 1. The number of fused-ring (bicyclic) bond motifs is 4. The van der Waals surface area contributed by atoms with Gasteiger partial charge in [-0.1, -0.05) is 29.8 Å². The molecule has 1 amide bonds. The molecule has 2 aromatic rings. The van der Waals surface area contributed by atoms with Gasteiger partial charge in [-0.05, 0) is 98.7 Å². The van der Waals surface area contributed by atoms with E-state index in [4.69, 9.17) is 30.5 Å². The van der Waals surface area contributed by atoms with Crippen molar-refractivity contribution in [2.75, 3.05) is 65.2 Å². The Hall–Kier alpha value is -2.67. The number of rotatable bonds is 7. The van der Waals surface area contributed by atoms with Gasteiger partial charge in [-0.3, -0.25) is 4.79 Å². The number of anilines is 1. The first kappa shape index (κ1) is 35.2. The summed E-state index contributed by atoms with van der Waals surface area (Å²) in [6, 6.07) is 11.0. The number of nitrogens with one attached hydrogen (secondary N) is 1. The van der Waals surface area contributed by atoms with Crippen LogP contribution in [0, 0.1) is 11.8 Å². The Bertz CT molecular complexity index is 1600. The van der Waals surface area contributed by atoms with E-state index in [2.05, 4.69) is 27.8 Å². The zero-order valence-corrected chi connectivity index (χ0v) is 29.7. The number of methoxy groups -OCH3 is 2. The van der Waals surface area contributed by atoms with Crippen LogP contribution >= 0.6 is 11.6 Å². The van der Waals surface area contributed by atoms with E-state index in [0.29, 0.717) is 44.5 Å². The molecule has 1 saturated carbocycles. The van der Waals surface area contributed by atoms with Crippen LogP contribution in [-0.4, -0.2) is 91.1 Å². The molecular formula is C36H48ClN3O7S. The first-order valence-electron chi connectivity index (χ1n) is 17.0. The molecule has 1 spiro atoms. The second-order valence-electron chi connectivity index (χ2n) is 13.7. The Morgan fingerprint density at radius 2 is 1.92 bits per heavy atom. The fourth-order valence-electron chi connectivity index (χ4n) is 7.90. The monoisotopic (exact) mass is 701 g/mol. The summed E-state index contributed by atoms with van der Waals surface area (Å²) in [6.07, 6.45) is 9.48. The van der Waals surface area contributed by atoms with Gasteiger partial charge in [0.25, 0.3) is 5.91 Å². The van der Waals surface area contributed by atoms with Crippen molar-refractivity contribution in [1.29, 1.82) is 0 Å². The molecule has 0 aromatic heterocycles. The Morgan fingerprint density at radius 3 is 2.69 bits per heavy atom. The van der Waals surface area contributed by atoms with E-state index in [1.165, 1.54) is 22.5 Å². The number of aryl methyl sites for hydroxylation is 1. The number of halogens is 1. The maximum Gasteiger partial charge on any atom is 0.304 e. The minimum Gasteiger partial charge on any atom is -0.490 e. The van der Waals surface area contributed by atoms with Gasteiger partial charge in [-0.15, -0.1) is 0 Å². The van der Waals surface area contributed by atoms with Crippen LogP contribution in [-0.2, 0) is 36.3 Å². The minimum atomic E-state index is -4.19. The van der Waals surface area contributed by atoms with Gasteiger partial charge in [0.05, 0.1) is 38.2 Å². The van der Waals surface area contributed by atoms with Crippen molar-refractivity contribution < 1.29 is 32.2 Å². The summed E-state index contributed by atoms with van der Waals surface area (Å²) in [5, 5.41) is 0.735. The molecule has 2 aromatic carbocycles. The normalized spacial score (nSPS) is 29.5. The second kappa shape index (κ2) is 15.1. The Kier molecular flexibility index (Phi) is 11.0. The van der Waals surface area contributed by atoms with E-state index < -0.39 is 22.2 Å². The van der Waals surface area contributed by atoms with Crippen LogP contribution in [0.4, 0.5) is 5.69 Å². The second-order valence-corrected chi connectivity index (χ2v) is 15.7. The largest absolute Gasteiger partial charge is 0.490 e. The molecule has 2 bridgehead atoms. The molecule has 1 N–H and O–H groups in total. The van der Waals surface area contributed by atoms with Crippen molar-refractivity contribution in [3.05, 3.63) is 70.3 Å².